The molecule has 2 saturated heterocycles. The van der Waals surface area contributed by atoms with Crippen LogP contribution < -0.4 is 9.80 Å². The van der Waals surface area contributed by atoms with Crippen LogP contribution in [0.2, 0.25) is 0 Å². The molecule has 3 aromatic rings. The lowest BCUT2D eigenvalue weighted by atomic mass is 9.94. The number of hydrogen-bond donors (Lipinski definition) is 0. The number of fused-ring (bicyclic) bond motifs is 1. The molecular formula is C28H32N6S. The molecule has 35 heavy (non-hydrogen) atoms. The van der Waals surface area contributed by atoms with Crippen LogP contribution in [0, 0.1) is 5.92 Å². The van der Waals surface area contributed by atoms with Gasteiger partial charge in [-0.25, -0.2) is 9.29 Å². The van der Waals surface area contributed by atoms with Crippen LogP contribution in [0.1, 0.15) is 25.0 Å². The fraction of sp³-hybridized carbons (Fsp3) is 0.393. The van der Waals surface area contributed by atoms with Gasteiger partial charge in [0.05, 0.1) is 5.69 Å². The Balaban J connectivity index is 1.13. The summed E-state index contributed by atoms with van der Waals surface area (Å²) in [6, 6.07) is 13.0. The molecule has 4 heterocycles. The predicted molar refractivity (Wildman–Crippen MR) is 145 cm³/mol. The van der Waals surface area contributed by atoms with Crippen molar-refractivity contribution in [3.8, 4) is 0 Å². The molecule has 6 nitrogen and oxygen atoms in total. The number of allylic oxidation sites excluding steroid dienone is 4. The zero-order valence-electron chi connectivity index (χ0n) is 20.1. The quantitative estimate of drug-likeness (QED) is 0.450. The highest BCUT2D eigenvalue weighted by Gasteiger charge is 2.23. The van der Waals surface area contributed by atoms with Crippen molar-refractivity contribution < 1.29 is 0 Å². The lowest BCUT2D eigenvalue weighted by molar-refractivity contribution is 0.586. The van der Waals surface area contributed by atoms with Crippen LogP contribution in [0.5, 0.6) is 0 Å². The third-order valence-corrected chi connectivity index (χ3v) is 8.27. The Hall–Kier alpha value is -2.90. The van der Waals surface area contributed by atoms with Gasteiger partial charge in [0.2, 0.25) is 0 Å². The number of rotatable bonds is 6. The van der Waals surface area contributed by atoms with Gasteiger partial charge in [-0.3, -0.25) is 0 Å². The van der Waals surface area contributed by atoms with Gasteiger partial charge < -0.3 is 9.80 Å². The van der Waals surface area contributed by atoms with Crippen molar-refractivity contribution in [3.63, 3.8) is 0 Å². The normalized spacial score (nSPS) is 20.7. The van der Waals surface area contributed by atoms with Gasteiger partial charge in [0, 0.05) is 61.1 Å². The van der Waals surface area contributed by atoms with Gasteiger partial charge in [-0.05, 0) is 55.7 Å². The summed E-state index contributed by atoms with van der Waals surface area (Å²) in [6.07, 6.45) is 15.4. The molecule has 7 heteroatoms. The first kappa shape index (κ1) is 22.6. The second-order valence-electron chi connectivity index (χ2n) is 9.58. The average Bonchev–Trinajstić information content (AvgIpc) is 3.43. The molecule has 1 aliphatic carbocycles. The van der Waals surface area contributed by atoms with Gasteiger partial charge in [0.25, 0.3) is 0 Å². The maximum atomic E-state index is 4.78. The number of pyridine rings is 1. The van der Waals surface area contributed by atoms with Crippen molar-refractivity contribution in [1.82, 2.24) is 19.5 Å². The summed E-state index contributed by atoms with van der Waals surface area (Å²) in [4.78, 5) is 10.8. The van der Waals surface area contributed by atoms with Crippen LogP contribution >= 0.6 is 11.9 Å². The van der Waals surface area contributed by atoms with Gasteiger partial charge in [0.1, 0.15) is 5.82 Å². The molecule has 2 fully saturated rings. The number of piperazine rings is 1. The first-order valence-electron chi connectivity index (χ1n) is 12.8. The molecule has 1 atom stereocenters. The lowest BCUT2D eigenvalue weighted by Crippen LogP contribution is -2.47. The number of aromatic nitrogens is 3. The summed E-state index contributed by atoms with van der Waals surface area (Å²) >= 11 is 1.84. The number of benzene rings is 1. The third kappa shape index (κ3) is 5.07. The largest absolute Gasteiger partial charge is 0.353 e. The fourth-order valence-corrected chi connectivity index (χ4v) is 6.22. The van der Waals surface area contributed by atoms with E-state index in [4.69, 9.17) is 15.2 Å². The molecule has 0 amide bonds. The smallest absolute Gasteiger partial charge is 0.159 e. The Bertz CT molecular complexity index is 1210. The predicted octanol–water partition coefficient (Wildman–Crippen LogP) is 5.13. The summed E-state index contributed by atoms with van der Waals surface area (Å²) in [5, 5.41) is 11.9. The van der Waals surface area contributed by atoms with E-state index < -0.39 is 0 Å². The zero-order valence-corrected chi connectivity index (χ0v) is 20.9. The summed E-state index contributed by atoms with van der Waals surface area (Å²) < 4.78 is 2.44. The molecule has 3 aliphatic rings. The average molecular weight is 485 g/mol. The highest BCUT2D eigenvalue weighted by atomic mass is 32.2. The molecule has 0 spiro atoms. The summed E-state index contributed by atoms with van der Waals surface area (Å²) in [6.45, 7) is 6.06. The molecule has 180 valence electrons. The molecule has 2 aliphatic heterocycles. The standard InChI is InChI=1S/C28H32N6S/c1-2-8-22(9-3-1)20-26-24-10-4-5-11-25(24)28(31-30-26)33-18-16-32(17-19-33)27-13-12-23(21-29-27)35-34-14-6-7-15-34/h1-5,8,10-13,21-22H,6-7,9,14-20H2. The van der Waals surface area contributed by atoms with Crippen molar-refractivity contribution >= 4 is 34.4 Å². The molecule has 0 radical (unpaired) electrons. The molecule has 0 N–H and O–H groups in total. The third-order valence-electron chi connectivity index (χ3n) is 7.19. The Labute approximate surface area is 211 Å². The van der Waals surface area contributed by atoms with Gasteiger partial charge in [0.15, 0.2) is 5.82 Å². The van der Waals surface area contributed by atoms with Crippen LogP contribution in [0.4, 0.5) is 11.6 Å². The van der Waals surface area contributed by atoms with Crippen LogP contribution in [0.25, 0.3) is 10.8 Å². The summed E-state index contributed by atoms with van der Waals surface area (Å²) in [7, 11) is 0. The van der Waals surface area contributed by atoms with Crippen LogP contribution in [0.15, 0.2) is 71.8 Å². The molecule has 0 bridgehead atoms. The van der Waals surface area contributed by atoms with Gasteiger partial charge in [-0.1, -0.05) is 48.6 Å². The highest BCUT2D eigenvalue weighted by molar-refractivity contribution is 7.97. The van der Waals surface area contributed by atoms with Crippen molar-refractivity contribution in [1.29, 1.82) is 0 Å². The van der Waals surface area contributed by atoms with Crippen molar-refractivity contribution in [3.05, 3.63) is 72.6 Å². The van der Waals surface area contributed by atoms with E-state index in [1.807, 2.05) is 18.1 Å². The Kier molecular flexibility index (Phi) is 6.69. The van der Waals surface area contributed by atoms with Gasteiger partial charge in [-0.2, -0.15) is 5.10 Å². The molecule has 0 saturated carbocycles. The SMILES string of the molecule is C1=CCC(Cc2nnc(N3CCN(c4ccc(SN5CCCC5)cn4)CC3)c3ccccc23)C=C1. The number of nitrogens with zero attached hydrogens (tertiary/aromatic N) is 6. The number of anilines is 2. The Morgan fingerprint density at radius 3 is 2.37 bits per heavy atom. The second-order valence-corrected chi connectivity index (χ2v) is 10.8. The lowest BCUT2D eigenvalue weighted by Gasteiger charge is -2.36. The van der Waals surface area contributed by atoms with E-state index in [2.05, 4.69) is 74.8 Å². The van der Waals surface area contributed by atoms with E-state index in [9.17, 15) is 0 Å². The molecule has 1 aromatic carbocycles. The second kappa shape index (κ2) is 10.4. The topological polar surface area (TPSA) is 48.4 Å². The zero-order chi connectivity index (χ0) is 23.5. The fourth-order valence-electron chi connectivity index (χ4n) is 5.25. The first-order valence-corrected chi connectivity index (χ1v) is 13.6. The van der Waals surface area contributed by atoms with E-state index in [1.165, 1.54) is 41.6 Å². The minimum absolute atomic E-state index is 0.500. The van der Waals surface area contributed by atoms with E-state index >= 15 is 0 Å². The minimum Gasteiger partial charge on any atom is -0.353 e. The van der Waals surface area contributed by atoms with Crippen LogP contribution in [-0.4, -0.2) is 58.8 Å². The minimum atomic E-state index is 0.500. The maximum Gasteiger partial charge on any atom is 0.159 e. The van der Waals surface area contributed by atoms with E-state index in [0.29, 0.717) is 5.92 Å². The van der Waals surface area contributed by atoms with Crippen molar-refractivity contribution in [2.45, 2.75) is 30.6 Å². The molecule has 1 unspecified atom stereocenters. The van der Waals surface area contributed by atoms with Crippen molar-refractivity contribution in [2.24, 2.45) is 5.92 Å². The number of hydrogen-bond acceptors (Lipinski definition) is 7. The van der Waals surface area contributed by atoms with E-state index in [0.717, 1.165) is 56.4 Å². The van der Waals surface area contributed by atoms with Gasteiger partial charge in [-0.15, -0.1) is 5.10 Å². The van der Waals surface area contributed by atoms with Gasteiger partial charge >= 0.3 is 0 Å². The monoisotopic (exact) mass is 484 g/mol. The van der Waals surface area contributed by atoms with Crippen molar-refractivity contribution in [2.75, 3.05) is 49.1 Å². The molecule has 6 rings (SSSR count). The van der Waals surface area contributed by atoms with Crippen LogP contribution in [-0.2, 0) is 6.42 Å². The Morgan fingerprint density at radius 1 is 0.829 bits per heavy atom. The summed E-state index contributed by atoms with van der Waals surface area (Å²) in [5.74, 6) is 2.57. The molecular weight excluding hydrogens is 452 g/mol. The summed E-state index contributed by atoms with van der Waals surface area (Å²) in [5.41, 5.74) is 1.10. The van der Waals surface area contributed by atoms with E-state index in [1.54, 1.807) is 0 Å². The first-order chi connectivity index (χ1) is 17.3. The van der Waals surface area contributed by atoms with Crippen LogP contribution in [0.3, 0.4) is 0 Å². The highest BCUT2D eigenvalue weighted by Crippen LogP contribution is 2.30. The Morgan fingerprint density at radius 2 is 1.63 bits per heavy atom. The molecule has 2 aromatic heterocycles. The van der Waals surface area contributed by atoms with E-state index in [-0.39, 0.29) is 0 Å². The maximum absolute atomic E-state index is 4.78.